The minimum Gasteiger partial charge on any atom is -0.497 e. The SMILES string of the molecule is COc1ccc(NC(=O)CN2C(=O)S/C(=C/c3ccc(N4CCCC4)cc3OC)C2=O)cc1. The number of anilines is 2. The van der Waals surface area contributed by atoms with Crippen molar-refractivity contribution >= 4 is 46.3 Å². The van der Waals surface area contributed by atoms with Gasteiger partial charge < -0.3 is 19.7 Å². The van der Waals surface area contributed by atoms with E-state index in [1.807, 2.05) is 18.2 Å². The maximum absolute atomic E-state index is 12.8. The molecule has 2 aromatic carbocycles. The maximum atomic E-state index is 12.8. The van der Waals surface area contributed by atoms with Crippen LogP contribution >= 0.6 is 11.8 Å². The number of methoxy groups -OCH3 is 2. The van der Waals surface area contributed by atoms with Crippen molar-refractivity contribution in [1.29, 1.82) is 0 Å². The van der Waals surface area contributed by atoms with Crippen LogP contribution in [0.2, 0.25) is 0 Å². The molecule has 2 fully saturated rings. The Balaban J connectivity index is 1.45. The van der Waals surface area contributed by atoms with Crippen LogP contribution in [0, 0.1) is 0 Å². The predicted octanol–water partition coefficient (Wildman–Crippen LogP) is 3.98. The van der Waals surface area contributed by atoms with E-state index < -0.39 is 17.1 Å². The van der Waals surface area contributed by atoms with E-state index in [9.17, 15) is 14.4 Å². The van der Waals surface area contributed by atoms with Crippen molar-refractivity contribution in [2.75, 3.05) is 44.1 Å². The predicted molar refractivity (Wildman–Crippen MR) is 129 cm³/mol. The van der Waals surface area contributed by atoms with Gasteiger partial charge in [-0.15, -0.1) is 0 Å². The van der Waals surface area contributed by atoms with Crippen LogP contribution in [0.3, 0.4) is 0 Å². The molecular weight excluding hydrogens is 442 g/mol. The highest BCUT2D eigenvalue weighted by atomic mass is 32.2. The molecule has 2 aromatic rings. The second kappa shape index (κ2) is 9.99. The Kier molecular flexibility index (Phi) is 6.88. The number of ether oxygens (including phenoxy) is 2. The van der Waals surface area contributed by atoms with E-state index in [-0.39, 0.29) is 11.4 Å². The van der Waals surface area contributed by atoms with Crippen molar-refractivity contribution in [3.8, 4) is 11.5 Å². The van der Waals surface area contributed by atoms with E-state index in [1.165, 1.54) is 12.8 Å². The van der Waals surface area contributed by atoms with Crippen LogP contribution in [-0.2, 0) is 9.59 Å². The van der Waals surface area contributed by atoms with Gasteiger partial charge in [0.05, 0.1) is 19.1 Å². The standard InChI is InChI=1S/C24H25N3O5S/c1-31-19-9-6-17(7-10-19)25-22(28)15-27-23(29)21(33-24(27)30)13-16-5-8-18(14-20(16)32-2)26-11-3-4-12-26/h5-10,13-14H,3-4,11-12,15H2,1-2H3,(H,25,28)/b21-13+. The first kappa shape index (κ1) is 22.7. The van der Waals surface area contributed by atoms with Crippen LogP contribution in [0.15, 0.2) is 47.4 Å². The molecule has 0 saturated carbocycles. The highest BCUT2D eigenvalue weighted by molar-refractivity contribution is 8.18. The summed E-state index contributed by atoms with van der Waals surface area (Å²) in [7, 11) is 3.13. The quantitative estimate of drug-likeness (QED) is 0.616. The van der Waals surface area contributed by atoms with Crippen LogP contribution < -0.4 is 19.7 Å². The molecule has 0 aliphatic carbocycles. The minimum absolute atomic E-state index is 0.254. The molecular formula is C24H25N3O5S. The Morgan fingerprint density at radius 1 is 1.06 bits per heavy atom. The van der Waals surface area contributed by atoms with Crippen LogP contribution in [0.25, 0.3) is 6.08 Å². The number of imide groups is 1. The lowest BCUT2D eigenvalue weighted by Crippen LogP contribution is -2.36. The molecule has 2 aliphatic heterocycles. The van der Waals surface area contributed by atoms with Gasteiger partial charge in [-0.05, 0) is 67.1 Å². The molecule has 0 unspecified atom stereocenters. The first-order valence-corrected chi connectivity index (χ1v) is 11.4. The molecule has 0 atom stereocenters. The van der Waals surface area contributed by atoms with Gasteiger partial charge in [0.1, 0.15) is 18.0 Å². The second-order valence-electron chi connectivity index (χ2n) is 7.66. The molecule has 2 aliphatic rings. The van der Waals surface area contributed by atoms with Gasteiger partial charge in [-0.25, -0.2) is 0 Å². The largest absolute Gasteiger partial charge is 0.497 e. The van der Waals surface area contributed by atoms with Gasteiger partial charge in [-0.2, -0.15) is 0 Å². The van der Waals surface area contributed by atoms with E-state index in [1.54, 1.807) is 44.6 Å². The summed E-state index contributed by atoms with van der Waals surface area (Å²) in [6, 6.07) is 12.6. The summed E-state index contributed by atoms with van der Waals surface area (Å²) < 4.78 is 10.6. The number of amides is 3. The van der Waals surface area contributed by atoms with Crippen molar-refractivity contribution in [2.45, 2.75) is 12.8 Å². The van der Waals surface area contributed by atoms with Crippen LogP contribution in [0.1, 0.15) is 18.4 Å². The van der Waals surface area contributed by atoms with Crippen LogP contribution in [-0.4, -0.2) is 55.8 Å². The average molecular weight is 468 g/mol. The lowest BCUT2D eigenvalue weighted by atomic mass is 10.1. The van der Waals surface area contributed by atoms with E-state index >= 15 is 0 Å². The van der Waals surface area contributed by atoms with Crippen LogP contribution in [0.5, 0.6) is 11.5 Å². The topological polar surface area (TPSA) is 88.2 Å². The summed E-state index contributed by atoms with van der Waals surface area (Å²) >= 11 is 0.815. The smallest absolute Gasteiger partial charge is 0.294 e. The van der Waals surface area contributed by atoms with Gasteiger partial charge in [0, 0.05) is 36.1 Å². The normalized spacial score (nSPS) is 17.1. The molecule has 1 N–H and O–H groups in total. The lowest BCUT2D eigenvalue weighted by molar-refractivity contribution is -0.127. The van der Waals surface area contributed by atoms with E-state index in [0.717, 1.165) is 35.4 Å². The van der Waals surface area contributed by atoms with Gasteiger partial charge in [0.2, 0.25) is 5.91 Å². The second-order valence-corrected chi connectivity index (χ2v) is 8.66. The van der Waals surface area contributed by atoms with Crippen molar-refractivity contribution < 1.29 is 23.9 Å². The number of thioether (sulfide) groups is 1. The number of hydrogen-bond acceptors (Lipinski definition) is 7. The van der Waals surface area contributed by atoms with Crippen LogP contribution in [0.4, 0.5) is 16.2 Å². The molecule has 0 bridgehead atoms. The third-order valence-electron chi connectivity index (χ3n) is 5.52. The fourth-order valence-corrected chi connectivity index (χ4v) is 4.62. The fourth-order valence-electron chi connectivity index (χ4n) is 3.79. The third-order valence-corrected chi connectivity index (χ3v) is 6.43. The third kappa shape index (κ3) is 5.14. The molecule has 9 heteroatoms. The summed E-state index contributed by atoms with van der Waals surface area (Å²) in [4.78, 5) is 41.2. The average Bonchev–Trinajstić information content (AvgIpc) is 3.45. The summed E-state index contributed by atoms with van der Waals surface area (Å²) in [6.45, 7) is 1.67. The van der Waals surface area contributed by atoms with Crippen molar-refractivity contribution in [1.82, 2.24) is 4.90 Å². The van der Waals surface area contributed by atoms with E-state index in [4.69, 9.17) is 9.47 Å². The zero-order valence-corrected chi connectivity index (χ0v) is 19.3. The highest BCUT2D eigenvalue weighted by Crippen LogP contribution is 2.35. The number of nitrogens with zero attached hydrogens (tertiary/aromatic N) is 2. The molecule has 3 amide bonds. The maximum Gasteiger partial charge on any atom is 0.294 e. The molecule has 4 rings (SSSR count). The Bertz CT molecular complexity index is 1090. The summed E-state index contributed by atoms with van der Waals surface area (Å²) in [5.74, 6) is 0.327. The van der Waals surface area contributed by atoms with Crippen molar-refractivity contribution in [3.05, 3.63) is 52.9 Å². The number of carbonyl (C=O) groups is 3. The lowest BCUT2D eigenvalue weighted by Gasteiger charge is -2.19. The Morgan fingerprint density at radius 3 is 2.45 bits per heavy atom. The highest BCUT2D eigenvalue weighted by Gasteiger charge is 2.36. The molecule has 0 spiro atoms. The number of hydrogen-bond donors (Lipinski definition) is 1. The summed E-state index contributed by atoms with van der Waals surface area (Å²) in [6.07, 6.45) is 3.98. The monoisotopic (exact) mass is 467 g/mol. The molecule has 0 radical (unpaired) electrons. The molecule has 33 heavy (non-hydrogen) atoms. The van der Waals surface area contributed by atoms with Crippen molar-refractivity contribution in [3.63, 3.8) is 0 Å². The first-order valence-electron chi connectivity index (χ1n) is 10.6. The van der Waals surface area contributed by atoms with Gasteiger partial charge >= 0.3 is 0 Å². The molecule has 0 aromatic heterocycles. The zero-order chi connectivity index (χ0) is 23.4. The number of carbonyl (C=O) groups excluding carboxylic acids is 3. The van der Waals surface area contributed by atoms with E-state index in [2.05, 4.69) is 10.2 Å². The van der Waals surface area contributed by atoms with Gasteiger partial charge in [-0.3, -0.25) is 19.3 Å². The fraction of sp³-hybridized carbons (Fsp3) is 0.292. The number of rotatable bonds is 7. The van der Waals surface area contributed by atoms with Crippen molar-refractivity contribution in [2.24, 2.45) is 0 Å². The molecule has 8 nitrogen and oxygen atoms in total. The van der Waals surface area contributed by atoms with Gasteiger partial charge in [0.15, 0.2) is 0 Å². The first-order chi connectivity index (χ1) is 16.0. The Labute approximate surface area is 196 Å². The molecule has 172 valence electrons. The Hall–Kier alpha value is -3.46. The Morgan fingerprint density at radius 2 is 1.79 bits per heavy atom. The minimum atomic E-state index is -0.499. The molecule has 2 heterocycles. The van der Waals surface area contributed by atoms with E-state index in [0.29, 0.717) is 22.7 Å². The summed E-state index contributed by atoms with van der Waals surface area (Å²) in [5, 5.41) is 2.20. The zero-order valence-electron chi connectivity index (χ0n) is 18.5. The summed E-state index contributed by atoms with van der Waals surface area (Å²) in [5.41, 5.74) is 2.32. The number of nitrogens with one attached hydrogen (secondary N) is 1. The number of benzene rings is 2. The van der Waals surface area contributed by atoms with Gasteiger partial charge in [-0.1, -0.05) is 0 Å². The molecule has 2 saturated heterocycles. The van der Waals surface area contributed by atoms with Gasteiger partial charge in [0.25, 0.3) is 11.1 Å².